The summed E-state index contributed by atoms with van der Waals surface area (Å²) in [6.45, 7) is 1.62. The average Bonchev–Trinajstić information content (AvgIpc) is 2.77. The lowest BCUT2D eigenvalue weighted by Crippen LogP contribution is -2.31. The van der Waals surface area contributed by atoms with Crippen LogP contribution in [0, 0.1) is 5.92 Å². The molecule has 0 bridgehead atoms. The van der Waals surface area contributed by atoms with Crippen LogP contribution in [0.5, 0.6) is 0 Å². The van der Waals surface area contributed by atoms with Crippen molar-refractivity contribution in [3.63, 3.8) is 0 Å². The van der Waals surface area contributed by atoms with Crippen molar-refractivity contribution in [3.05, 3.63) is 34.9 Å². The van der Waals surface area contributed by atoms with Gasteiger partial charge in [-0.2, -0.15) is 0 Å². The third-order valence-electron chi connectivity index (χ3n) is 3.19. The highest BCUT2D eigenvalue weighted by atomic mass is 35.5. The zero-order chi connectivity index (χ0) is 13.1. The summed E-state index contributed by atoms with van der Waals surface area (Å²) in [5.74, 6) is -0.396. The molecule has 0 aliphatic carbocycles. The molecule has 1 aromatic rings. The number of carbonyl (C=O) groups excluding carboxylic acids is 2. The van der Waals surface area contributed by atoms with E-state index in [1.54, 1.807) is 24.3 Å². The van der Waals surface area contributed by atoms with E-state index in [-0.39, 0.29) is 17.6 Å². The van der Waals surface area contributed by atoms with Crippen molar-refractivity contribution in [2.24, 2.45) is 11.7 Å². The first-order valence-electron chi connectivity index (χ1n) is 5.86. The largest absolute Gasteiger partial charge is 0.369 e. The van der Waals surface area contributed by atoms with E-state index in [0.717, 1.165) is 13.0 Å². The van der Waals surface area contributed by atoms with Crippen molar-refractivity contribution in [1.29, 1.82) is 0 Å². The van der Waals surface area contributed by atoms with Gasteiger partial charge < -0.3 is 5.73 Å². The number of benzene rings is 1. The molecule has 0 saturated carbocycles. The molecular weight excluding hydrogens is 252 g/mol. The SMILES string of the molecule is NC(=O)C1CCN(CC(=O)c2cccc(Cl)c2)C1. The van der Waals surface area contributed by atoms with E-state index in [2.05, 4.69) is 0 Å². The van der Waals surface area contributed by atoms with Gasteiger partial charge in [0, 0.05) is 17.1 Å². The lowest BCUT2D eigenvalue weighted by molar-refractivity contribution is -0.121. The maximum Gasteiger partial charge on any atom is 0.221 e. The van der Waals surface area contributed by atoms with Gasteiger partial charge in [0.1, 0.15) is 0 Å². The van der Waals surface area contributed by atoms with Crippen molar-refractivity contribution in [3.8, 4) is 0 Å². The maximum absolute atomic E-state index is 12.0. The number of rotatable bonds is 4. The second-order valence-electron chi connectivity index (χ2n) is 4.56. The molecule has 1 unspecified atom stereocenters. The van der Waals surface area contributed by atoms with E-state index in [0.29, 0.717) is 23.7 Å². The number of carbonyl (C=O) groups is 2. The van der Waals surface area contributed by atoms with Gasteiger partial charge in [0.15, 0.2) is 5.78 Å². The van der Waals surface area contributed by atoms with Crippen LogP contribution in [-0.2, 0) is 4.79 Å². The summed E-state index contributed by atoms with van der Waals surface area (Å²) in [7, 11) is 0. The Morgan fingerprint density at radius 1 is 1.44 bits per heavy atom. The molecule has 0 radical (unpaired) electrons. The van der Waals surface area contributed by atoms with Crippen molar-refractivity contribution in [2.75, 3.05) is 19.6 Å². The lowest BCUT2D eigenvalue weighted by Gasteiger charge is -2.14. The van der Waals surface area contributed by atoms with Crippen LogP contribution in [0.4, 0.5) is 0 Å². The molecule has 1 fully saturated rings. The lowest BCUT2D eigenvalue weighted by atomic mass is 10.1. The van der Waals surface area contributed by atoms with E-state index in [1.807, 2.05) is 4.90 Å². The number of nitrogens with zero attached hydrogens (tertiary/aromatic N) is 1. The van der Waals surface area contributed by atoms with Crippen LogP contribution >= 0.6 is 11.6 Å². The Labute approximate surface area is 111 Å². The average molecular weight is 267 g/mol. The van der Waals surface area contributed by atoms with Crippen LogP contribution < -0.4 is 5.73 Å². The Morgan fingerprint density at radius 2 is 2.22 bits per heavy atom. The fraction of sp³-hybridized carbons (Fsp3) is 0.385. The van der Waals surface area contributed by atoms with Gasteiger partial charge in [-0.15, -0.1) is 0 Å². The fourth-order valence-corrected chi connectivity index (χ4v) is 2.36. The molecule has 4 nitrogen and oxygen atoms in total. The van der Waals surface area contributed by atoms with Crippen LogP contribution in [0.25, 0.3) is 0 Å². The van der Waals surface area contributed by atoms with Crippen LogP contribution in [0.15, 0.2) is 24.3 Å². The molecule has 1 aliphatic rings. The van der Waals surface area contributed by atoms with Gasteiger partial charge in [0.2, 0.25) is 5.91 Å². The van der Waals surface area contributed by atoms with Gasteiger partial charge in [-0.3, -0.25) is 14.5 Å². The van der Waals surface area contributed by atoms with Gasteiger partial charge in [0.05, 0.1) is 12.5 Å². The van der Waals surface area contributed by atoms with E-state index < -0.39 is 0 Å². The van der Waals surface area contributed by atoms with Gasteiger partial charge in [-0.1, -0.05) is 23.7 Å². The Balaban J connectivity index is 1.95. The minimum atomic E-state index is -0.285. The number of amides is 1. The number of nitrogens with two attached hydrogens (primary N) is 1. The molecule has 1 aromatic carbocycles. The van der Waals surface area contributed by atoms with E-state index in [4.69, 9.17) is 17.3 Å². The topological polar surface area (TPSA) is 63.4 Å². The molecule has 0 aromatic heterocycles. The van der Waals surface area contributed by atoms with Crippen molar-refractivity contribution in [1.82, 2.24) is 4.90 Å². The number of Topliss-reactive ketones (excluding diaryl/α,β-unsaturated/α-hetero) is 1. The first-order valence-corrected chi connectivity index (χ1v) is 6.24. The highest BCUT2D eigenvalue weighted by Gasteiger charge is 2.27. The number of halogens is 1. The normalized spacial score (nSPS) is 19.9. The van der Waals surface area contributed by atoms with Crippen LogP contribution in [0.3, 0.4) is 0 Å². The second kappa shape index (κ2) is 5.50. The smallest absolute Gasteiger partial charge is 0.221 e. The predicted molar refractivity (Wildman–Crippen MR) is 69.5 cm³/mol. The Kier molecular flexibility index (Phi) is 3.99. The minimum Gasteiger partial charge on any atom is -0.369 e. The summed E-state index contributed by atoms with van der Waals surface area (Å²) in [6.07, 6.45) is 0.734. The molecular formula is C13H15ClN2O2. The van der Waals surface area contributed by atoms with E-state index >= 15 is 0 Å². The van der Waals surface area contributed by atoms with Gasteiger partial charge >= 0.3 is 0 Å². The maximum atomic E-state index is 12.0. The Hall–Kier alpha value is -1.39. The van der Waals surface area contributed by atoms with Gasteiger partial charge in [-0.05, 0) is 25.1 Å². The quantitative estimate of drug-likeness (QED) is 0.837. The molecule has 1 saturated heterocycles. The third-order valence-corrected chi connectivity index (χ3v) is 3.42. The van der Waals surface area contributed by atoms with E-state index in [9.17, 15) is 9.59 Å². The summed E-state index contributed by atoms with van der Waals surface area (Å²) < 4.78 is 0. The molecule has 2 rings (SSSR count). The summed E-state index contributed by atoms with van der Waals surface area (Å²) in [6, 6.07) is 6.89. The standard InChI is InChI=1S/C13H15ClN2O2/c14-11-3-1-2-9(6-11)12(17)8-16-5-4-10(7-16)13(15)18/h1-3,6,10H,4-5,7-8H2,(H2,15,18). The molecule has 1 heterocycles. The highest BCUT2D eigenvalue weighted by molar-refractivity contribution is 6.31. The number of hydrogen-bond donors (Lipinski definition) is 1. The molecule has 1 atom stereocenters. The van der Waals surface area contributed by atoms with Gasteiger partial charge in [-0.25, -0.2) is 0 Å². The highest BCUT2D eigenvalue weighted by Crippen LogP contribution is 2.17. The molecule has 5 heteroatoms. The molecule has 1 aliphatic heterocycles. The number of ketones is 1. The summed E-state index contributed by atoms with van der Waals surface area (Å²) in [5, 5.41) is 0.553. The fourth-order valence-electron chi connectivity index (χ4n) is 2.16. The third kappa shape index (κ3) is 3.09. The first kappa shape index (κ1) is 13.1. The number of likely N-dealkylation sites (tertiary alicyclic amines) is 1. The Bertz CT molecular complexity index is 476. The zero-order valence-electron chi connectivity index (χ0n) is 9.93. The van der Waals surface area contributed by atoms with Crippen LogP contribution in [-0.4, -0.2) is 36.2 Å². The molecule has 96 valence electrons. The second-order valence-corrected chi connectivity index (χ2v) is 4.99. The van der Waals surface area contributed by atoms with E-state index in [1.165, 1.54) is 0 Å². The monoisotopic (exact) mass is 266 g/mol. The molecule has 18 heavy (non-hydrogen) atoms. The van der Waals surface area contributed by atoms with Crippen LogP contribution in [0.1, 0.15) is 16.8 Å². The Morgan fingerprint density at radius 3 is 2.83 bits per heavy atom. The zero-order valence-corrected chi connectivity index (χ0v) is 10.7. The minimum absolute atomic E-state index is 0.0163. The summed E-state index contributed by atoms with van der Waals surface area (Å²) in [5.41, 5.74) is 5.86. The number of primary amides is 1. The predicted octanol–water partition coefficient (Wildman–Crippen LogP) is 1.33. The van der Waals surface area contributed by atoms with Crippen molar-refractivity contribution in [2.45, 2.75) is 6.42 Å². The molecule has 0 spiro atoms. The summed E-state index contributed by atoms with van der Waals surface area (Å²) >= 11 is 5.84. The van der Waals surface area contributed by atoms with Crippen molar-refractivity contribution < 1.29 is 9.59 Å². The molecule has 1 amide bonds. The summed E-state index contributed by atoms with van der Waals surface area (Å²) in [4.78, 5) is 25.0. The first-order chi connectivity index (χ1) is 8.56. The van der Waals surface area contributed by atoms with Crippen LogP contribution in [0.2, 0.25) is 5.02 Å². The van der Waals surface area contributed by atoms with Crippen molar-refractivity contribution >= 4 is 23.3 Å². The molecule has 2 N–H and O–H groups in total. The number of hydrogen-bond acceptors (Lipinski definition) is 3. The van der Waals surface area contributed by atoms with Gasteiger partial charge in [0.25, 0.3) is 0 Å².